The van der Waals surface area contributed by atoms with Crippen LogP contribution in [0.25, 0.3) is 0 Å². The highest BCUT2D eigenvalue weighted by molar-refractivity contribution is 5.94. The number of hydrogen-bond acceptors (Lipinski definition) is 3. The number of nitrogens with two attached hydrogens (primary N) is 1. The predicted octanol–water partition coefficient (Wildman–Crippen LogP) is 1.94. The van der Waals surface area contributed by atoms with Crippen LogP contribution < -0.4 is 11.1 Å². The third-order valence-electron chi connectivity index (χ3n) is 3.70. The maximum atomic E-state index is 13.6. The van der Waals surface area contributed by atoms with Gasteiger partial charge in [-0.2, -0.15) is 0 Å². The molecule has 0 heterocycles. The maximum Gasteiger partial charge on any atom is 0.254 e. The van der Waals surface area contributed by atoms with E-state index in [-0.39, 0.29) is 23.3 Å². The lowest BCUT2D eigenvalue weighted by molar-refractivity contribution is 0.0847. The molecule has 5 heteroatoms. The van der Waals surface area contributed by atoms with Crippen LogP contribution in [0.15, 0.2) is 18.2 Å². The molecule has 0 bridgehead atoms. The summed E-state index contributed by atoms with van der Waals surface area (Å²) >= 11 is 0. The minimum Gasteiger partial charge on any atom is -0.399 e. The van der Waals surface area contributed by atoms with Crippen molar-refractivity contribution in [2.45, 2.75) is 26.7 Å². The monoisotopic (exact) mass is 268 g/mol. The quantitative estimate of drug-likeness (QED) is 0.690. The van der Waals surface area contributed by atoms with Gasteiger partial charge in [-0.1, -0.05) is 13.8 Å². The SMILES string of the molecule is CCC(CC)(CO)CNC(=O)c1ccc(N)cc1F. The van der Waals surface area contributed by atoms with Crippen LogP contribution in [0.2, 0.25) is 0 Å². The minimum atomic E-state index is -0.639. The van der Waals surface area contributed by atoms with Gasteiger partial charge in [0.2, 0.25) is 0 Å². The van der Waals surface area contributed by atoms with E-state index < -0.39 is 11.7 Å². The average Bonchev–Trinajstić information content (AvgIpc) is 2.40. The second-order valence-electron chi connectivity index (χ2n) is 4.79. The van der Waals surface area contributed by atoms with Crippen molar-refractivity contribution in [3.8, 4) is 0 Å². The van der Waals surface area contributed by atoms with Gasteiger partial charge in [0.1, 0.15) is 5.82 Å². The molecule has 0 atom stereocenters. The molecular formula is C14H21FN2O2. The summed E-state index contributed by atoms with van der Waals surface area (Å²) in [6, 6.07) is 3.96. The molecule has 0 aliphatic rings. The molecular weight excluding hydrogens is 247 g/mol. The molecule has 19 heavy (non-hydrogen) atoms. The van der Waals surface area contributed by atoms with Crippen molar-refractivity contribution in [1.29, 1.82) is 0 Å². The molecule has 4 N–H and O–H groups in total. The molecule has 0 fully saturated rings. The van der Waals surface area contributed by atoms with Gasteiger partial charge in [0.15, 0.2) is 0 Å². The zero-order chi connectivity index (χ0) is 14.5. The highest BCUT2D eigenvalue weighted by Gasteiger charge is 2.26. The third kappa shape index (κ3) is 3.67. The van der Waals surface area contributed by atoms with Crippen molar-refractivity contribution in [3.63, 3.8) is 0 Å². The number of amides is 1. The molecule has 0 saturated heterocycles. The lowest BCUT2D eigenvalue weighted by Gasteiger charge is -2.29. The molecule has 1 aromatic rings. The second-order valence-corrected chi connectivity index (χ2v) is 4.79. The van der Waals surface area contributed by atoms with Crippen molar-refractivity contribution >= 4 is 11.6 Å². The van der Waals surface area contributed by atoms with Gasteiger partial charge in [0, 0.05) is 17.6 Å². The van der Waals surface area contributed by atoms with Crippen LogP contribution in [0, 0.1) is 11.2 Å². The Morgan fingerprint density at radius 1 is 1.42 bits per heavy atom. The third-order valence-corrected chi connectivity index (χ3v) is 3.70. The van der Waals surface area contributed by atoms with Gasteiger partial charge in [0.05, 0.1) is 12.2 Å². The first-order valence-corrected chi connectivity index (χ1v) is 6.42. The number of carbonyl (C=O) groups excluding carboxylic acids is 1. The van der Waals surface area contributed by atoms with Crippen molar-refractivity contribution < 1.29 is 14.3 Å². The smallest absolute Gasteiger partial charge is 0.254 e. The molecule has 0 aromatic heterocycles. The van der Waals surface area contributed by atoms with Gasteiger partial charge in [0.25, 0.3) is 5.91 Å². The Morgan fingerprint density at radius 2 is 2.05 bits per heavy atom. The number of hydrogen-bond donors (Lipinski definition) is 3. The molecule has 4 nitrogen and oxygen atoms in total. The van der Waals surface area contributed by atoms with Gasteiger partial charge >= 0.3 is 0 Å². The van der Waals surface area contributed by atoms with Crippen LogP contribution in [0.1, 0.15) is 37.0 Å². The minimum absolute atomic E-state index is 0.00942. The Balaban J connectivity index is 2.75. The summed E-state index contributed by atoms with van der Waals surface area (Å²) in [6.07, 6.45) is 1.48. The molecule has 0 saturated carbocycles. The van der Waals surface area contributed by atoms with Gasteiger partial charge in [-0.15, -0.1) is 0 Å². The Morgan fingerprint density at radius 3 is 2.53 bits per heavy atom. The van der Waals surface area contributed by atoms with E-state index in [1.165, 1.54) is 12.1 Å². The van der Waals surface area contributed by atoms with Crippen molar-refractivity contribution in [1.82, 2.24) is 5.32 Å². The Bertz CT molecular complexity index is 437. The fourth-order valence-electron chi connectivity index (χ4n) is 1.86. The van der Waals surface area contributed by atoms with E-state index in [4.69, 9.17) is 5.73 Å². The first-order chi connectivity index (χ1) is 8.98. The maximum absolute atomic E-state index is 13.6. The Kier molecular flexibility index (Phi) is 5.30. The molecule has 0 spiro atoms. The number of halogens is 1. The Hall–Kier alpha value is -1.62. The van der Waals surface area contributed by atoms with E-state index in [1.54, 1.807) is 0 Å². The number of anilines is 1. The second kappa shape index (κ2) is 6.52. The van der Waals surface area contributed by atoms with Crippen molar-refractivity contribution in [2.24, 2.45) is 5.41 Å². The van der Waals surface area contributed by atoms with E-state index in [2.05, 4.69) is 5.32 Å². The van der Waals surface area contributed by atoms with Crippen molar-refractivity contribution in [3.05, 3.63) is 29.6 Å². The van der Waals surface area contributed by atoms with Crippen LogP contribution in [-0.4, -0.2) is 24.2 Å². The van der Waals surface area contributed by atoms with Crippen LogP contribution >= 0.6 is 0 Å². The molecule has 1 rings (SSSR count). The van der Waals surface area contributed by atoms with Gasteiger partial charge in [-0.3, -0.25) is 4.79 Å². The van der Waals surface area contributed by atoms with Gasteiger partial charge in [-0.25, -0.2) is 4.39 Å². The number of nitrogen functional groups attached to an aromatic ring is 1. The summed E-state index contributed by atoms with van der Waals surface area (Å²) in [7, 11) is 0. The lowest BCUT2D eigenvalue weighted by atomic mass is 9.83. The number of aliphatic hydroxyl groups excluding tert-OH is 1. The zero-order valence-electron chi connectivity index (χ0n) is 11.4. The largest absolute Gasteiger partial charge is 0.399 e. The molecule has 0 aliphatic heterocycles. The Labute approximate surface area is 112 Å². The fourth-order valence-corrected chi connectivity index (χ4v) is 1.86. The summed E-state index contributed by atoms with van der Waals surface area (Å²) in [6.45, 7) is 4.22. The van der Waals surface area contributed by atoms with E-state index in [9.17, 15) is 14.3 Å². The van der Waals surface area contributed by atoms with Crippen LogP contribution in [0.4, 0.5) is 10.1 Å². The fraction of sp³-hybridized carbons (Fsp3) is 0.500. The average molecular weight is 268 g/mol. The first-order valence-electron chi connectivity index (χ1n) is 6.42. The standard InChI is InChI=1S/C14H21FN2O2/c1-3-14(4-2,9-18)8-17-13(19)11-6-5-10(16)7-12(11)15/h5-7,18H,3-4,8-9,16H2,1-2H3,(H,17,19). The summed E-state index contributed by atoms with van der Waals surface area (Å²) in [4.78, 5) is 11.9. The zero-order valence-corrected chi connectivity index (χ0v) is 11.4. The number of nitrogens with one attached hydrogen (secondary N) is 1. The van der Waals surface area contributed by atoms with Crippen molar-refractivity contribution in [2.75, 3.05) is 18.9 Å². The lowest BCUT2D eigenvalue weighted by Crippen LogP contribution is -2.39. The van der Waals surface area contributed by atoms with Crippen LogP contribution in [-0.2, 0) is 0 Å². The highest BCUT2D eigenvalue weighted by Crippen LogP contribution is 2.24. The first kappa shape index (κ1) is 15.4. The topological polar surface area (TPSA) is 75.3 Å². The number of aliphatic hydroxyl groups is 1. The van der Waals surface area contributed by atoms with E-state index in [1.807, 2.05) is 13.8 Å². The molecule has 1 aromatic carbocycles. The van der Waals surface area contributed by atoms with Gasteiger partial charge < -0.3 is 16.2 Å². The molecule has 106 valence electrons. The van der Waals surface area contributed by atoms with Crippen LogP contribution in [0.5, 0.6) is 0 Å². The van der Waals surface area contributed by atoms with Crippen LogP contribution in [0.3, 0.4) is 0 Å². The summed E-state index contributed by atoms with van der Waals surface area (Å²) < 4.78 is 13.6. The van der Waals surface area contributed by atoms with Gasteiger partial charge in [-0.05, 0) is 31.0 Å². The van der Waals surface area contributed by atoms with E-state index in [0.29, 0.717) is 6.54 Å². The molecule has 0 radical (unpaired) electrons. The predicted molar refractivity (Wildman–Crippen MR) is 73.2 cm³/mol. The number of benzene rings is 1. The number of rotatable bonds is 6. The summed E-state index contributed by atoms with van der Waals surface area (Å²) in [5.74, 6) is -1.13. The van der Waals surface area contributed by atoms with E-state index >= 15 is 0 Å². The highest BCUT2D eigenvalue weighted by atomic mass is 19.1. The normalized spacial score (nSPS) is 11.4. The summed E-state index contributed by atoms with van der Waals surface area (Å²) in [5, 5.41) is 12.1. The number of carbonyl (C=O) groups is 1. The molecule has 0 aliphatic carbocycles. The summed E-state index contributed by atoms with van der Waals surface area (Å²) in [5.41, 5.74) is 5.33. The van der Waals surface area contributed by atoms with E-state index in [0.717, 1.165) is 18.9 Å². The molecule has 0 unspecified atom stereocenters. The molecule has 1 amide bonds.